The van der Waals surface area contributed by atoms with Crippen LogP contribution in [0.1, 0.15) is 10.5 Å². The monoisotopic (exact) mass is 416 g/mol. The van der Waals surface area contributed by atoms with Gasteiger partial charge in [0.1, 0.15) is 16.7 Å². The summed E-state index contributed by atoms with van der Waals surface area (Å²) in [5, 5.41) is 20.3. The number of benzene rings is 1. The highest BCUT2D eigenvalue weighted by Gasteiger charge is 2.25. The van der Waals surface area contributed by atoms with Gasteiger partial charge in [-0.1, -0.05) is 0 Å². The number of halogens is 1. The van der Waals surface area contributed by atoms with E-state index in [-0.39, 0.29) is 28.8 Å². The van der Waals surface area contributed by atoms with Crippen LogP contribution >= 0.6 is 11.3 Å². The Hall–Kier alpha value is -3.10. The topological polar surface area (TPSA) is 182 Å². The van der Waals surface area contributed by atoms with Crippen molar-refractivity contribution in [1.29, 1.82) is 5.41 Å². The van der Waals surface area contributed by atoms with Gasteiger partial charge in [-0.2, -0.15) is 0 Å². The van der Waals surface area contributed by atoms with Crippen molar-refractivity contribution >= 4 is 56.8 Å². The molecule has 0 aliphatic rings. The predicted molar refractivity (Wildman–Crippen MR) is 97.3 cm³/mol. The van der Waals surface area contributed by atoms with E-state index in [4.69, 9.17) is 16.2 Å². The molecule has 0 bridgehead atoms. The SMILES string of the molecule is N=C(N)CNC(=O)Nc1ccc(N(c2scnc2C(=O)O)S(=O)O)cc1F. The molecule has 144 valence electrons. The molecule has 11 nitrogen and oxygen atoms in total. The Morgan fingerprint density at radius 3 is 2.70 bits per heavy atom. The third-order valence-corrected chi connectivity index (χ3v) is 4.60. The van der Waals surface area contributed by atoms with Gasteiger partial charge in [0.15, 0.2) is 5.69 Å². The molecule has 0 spiro atoms. The number of carbonyl (C=O) groups excluding carboxylic acids is 1. The van der Waals surface area contributed by atoms with E-state index in [2.05, 4.69) is 15.6 Å². The van der Waals surface area contributed by atoms with Crippen molar-refractivity contribution in [3.05, 3.63) is 35.2 Å². The first-order chi connectivity index (χ1) is 12.7. The Morgan fingerprint density at radius 1 is 1.44 bits per heavy atom. The Bertz CT molecular complexity index is 920. The number of carbonyl (C=O) groups is 2. The first-order valence-corrected chi connectivity index (χ1v) is 8.90. The second kappa shape index (κ2) is 8.52. The van der Waals surface area contributed by atoms with Crippen molar-refractivity contribution < 1.29 is 27.8 Å². The van der Waals surface area contributed by atoms with Crippen LogP contribution in [0.25, 0.3) is 0 Å². The average Bonchev–Trinajstić information content (AvgIpc) is 3.04. The highest BCUT2D eigenvalue weighted by molar-refractivity contribution is 7.81. The maximum atomic E-state index is 14.3. The number of rotatable bonds is 7. The number of hydrogen-bond acceptors (Lipinski definition) is 6. The molecule has 1 unspecified atom stereocenters. The van der Waals surface area contributed by atoms with E-state index < -0.39 is 34.8 Å². The van der Waals surface area contributed by atoms with Gasteiger partial charge in [-0.25, -0.2) is 27.5 Å². The lowest BCUT2D eigenvalue weighted by Gasteiger charge is -2.19. The smallest absolute Gasteiger partial charge is 0.357 e. The minimum Gasteiger partial charge on any atom is -0.476 e. The number of aromatic carboxylic acids is 1. The molecule has 1 atom stereocenters. The summed E-state index contributed by atoms with van der Waals surface area (Å²) in [4.78, 5) is 26.4. The molecule has 2 rings (SSSR count). The van der Waals surface area contributed by atoms with Crippen molar-refractivity contribution in [2.45, 2.75) is 0 Å². The van der Waals surface area contributed by atoms with E-state index in [1.807, 2.05) is 0 Å². The Kier molecular flexibility index (Phi) is 6.38. The lowest BCUT2D eigenvalue weighted by Crippen LogP contribution is -2.36. The van der Waals surface area contributed by atoms with E-state index in [0.29, 0.717) is 4.31 Å². The fraction of sp³-hybridized carbons (Fsp3) is 0.0769. The number of nitrogens with one attached hydrogen (secondary N) is 3. The summed E-state index contributed by atoms with van der Waals surface area (Å²) in [6, 6.07) is 2.37. The number of urea groups is 1. The molecule has 0 saturated heterocycles. The van der Waals surface area contributed by atoms with Crippen molar-refractivity contribution in [3.8, 4) is 0 Å². The predicted octanol–water partition coefficient (Wildman–Crippen LogP) is 1.31. The number of aromatic nitrogens is 1. The molecule has 14 heteroatoms. The van der Waals surface area contributed by atoms with E-state index in [1.165, 1.54) is 11.6 Å². The zero-order valence-corrected chi connectivity index (χ0v) is 14.9. The number of carboxylic acid groups (broad SMARTS) is 1. The van der Waals surface area contributed by atoms with Gasteiger partial charge in [-0.05, 0) is 12.1 Å². The average molecular weight is 416 g/mol. The summed E-state index contributed by atoms with van der Waals surface area (Å²) in [7, 11) is 0. The number of hydrogen-bond donors (Lipinski definition) is 6. The molecule has 0 fully saturated rings. The van der Waals surface area contributed by atoms with Crippen LogP contribution in [0.4, 0.5) is 25.6 Å². The molecular formula is C13H13FN6O5S2. The highest BCUT2D eigenvalue weighted by Crippen LogP contribution is 2.34. The molecule has 7 N–H and O–H groups in total. The van der Waals surface area contributed by atoms with Gasteiger partial charge in [0.25, 0.3) is 11.3 Å². The second-order valence-electron chi connectivity index (χ2n) is 4.83. The Morgan fingerprint density at radius 2 is 2.15 bits per heavy atom. The molecule has 1 aromatic heterocycles. The number of carboxylic acids is 1. The van der Waals surface area contributed by atoms with Gasteiger partial charge in [0.05, 0.1) is 23.4 Å². The van der Waals surface area contributed by atoms with Gasteiger partial charge in [-0.15, -0.1) is 11.3 Å². The van der Waals surface area contributed by atoms with Crippen LogP contribution in [0, 0.1) is 11.2 Å². The third-order valence-electron chi connectivity index (χ3n) is 2.97. The summed E-state index contributed by atoms with van der Waals surface area (Å²) in [6.07, 6.45) is 0. The number of anilines is 3. The van der Waals surface area contributed by atoms with Crippen LogP contribution in [0.3, 0.4) is 0 Å². The number of nitrogens with two attached hydrogens (primary N) is 1. The van der Waals surface area contributed by atoms with Gasteiger partial charge < -0.3 is 21.5 Å². The molecular weight excluding hydrogens is 403 g/mol. The Balaban J connectivity index is 2.29. The number of nitrogens with zero attached hydrogens (tertiary/aromatic N) is 2. The quantitative estimate of drug-likeness (QED) is 0.223. The summed E-state index contributed by atoms with van der Waals surface area (Å²) < 4.78 is 36.2. The third kappa shape index (κ3) is 4.96. The van der Waals surface area contributed by atoms with Crippen LogP contribution in [0.2, 0.25) is 0 Å². The van der Waals surface area contributed by atoms with Crippen LogP contribution in [-0.2, 0) is 11.3 Å². The molecule has 1 heterocycles. The van der Waals surface area contributed by atoms with Gasteiger partial charge in [0, 0.05) is 6.07 Å². The van der Waals surface area contributed by atoms with Gasteiger partial charge >= 0.3 is 12.0 Å². The van der Waals surface area contributed by atoms with Crippen molar-refractivity contribution in [2.75, 3.05) is 16.2 Å². The maximum Gasteiger partial charge on any atom is 0.357 e. The standard InChI is InChI=1S/C13H13FN6O5S2/c14-7-3-6(1-2-8(7)19-13(23)17-4-9(15)16)20(27(24)25)11-10(12(21)22)18-5-26-11/h1-3,5H,4H2,(H3,15,16)(H,21,22)(H,24,25)(H2,17,19,23). The van der Waals surface area contributed by atoms with Crippen molar-refractivity contribution in [2.24, 2.45) is 5.73 Å². The number of thiazole rings is 1. The maximum absolute atomic E-state index is 14.3. The van der Waals surface area contributed by atoms with E-state index >= 15 is 0 Å². The van der Waals surface area contributed by atoms with Crippen LogP contribution in [0.5, 0.6) is 0 Å². The fourth-order valence-electron chi connectivity index (χ4n) is 1.88. The van der Waals surface area contributed by atoms with Crippen LogP contribution in [-0.4, -0.2) is 43.2 Å². The summed E-state index contributed by atoms with van der Waals surface area (Å²) in [6.45, 7) is -0.230. The second-order valence-corrected chi connectivity index (χ2v) is 6.49. The molecule has 2 amide bonds. The minimum atomic E-state index is -2.71. The molecule has 0 radical (unpaired) electrons. The van der Waals surface area contributed by atoms with Gasteiger partial charge in [0.2, 0.25) is 0 Å². The molecule has 0 aliphatic carbocycles. The summed E-state index contributed by atoms with van der Waals surface area (Å²) in [5.74, 6) is -2.65. The minimum absolute atomic E-state index is 0.130. The number of amidine groups is 1. The zero-order valence-electron chi connectivity index (χ0n) is 13.3. The van der Waals surface area contributed by atoms with Gasteiger partial charge in [-0.3, -0.25) is 9.96 Å². The van der Waals surface area contributed by atoms with E-state index in [9.17, 15) is 22.7 Å². The lowest BCUT2D eigenvalue weighted by molar-refractivity contribution is 0.0692. The molecule has 2 aromatic rings. The highest BCUT2D eigenvalue weighted by atomic mass is 32.2. The molecule has 1 aromatic carbocycles. The first kappa shape index (κ1) is 20.2. The van der Waals surface area contributed by atoms with Crippen LogP contribution < -0.4 is 20.7 Å². The summed E-state index contributed by atoms with van der Waals surface area (Å²) >= 11 is -1.92. The van der Waals surface area contributed by atoms with E-state index in [1.54, 1.807) is 0 Å². The van der Waals surface area contributed by atoms with E-state index in [0.717, 1.165) is 23.5 Å². The first-order valence-electron chi connectivity index (χ1n) is 6.96. The normalized spacial score (nSPS) is 11.5. The van der Waals surface area contributed by atoms with Crippen molar-refractivity contribution in [3.63, 3.8) is 0 Å². The fourth-order valence-corrected chi connectivity index (χ4v) is 3.44. The van der Waals surface area contributed by atoms with Crippen molar-refractivity contribution in [1.82, 2.24) is 10.3 Å². The summed E-state index contributed by atoms with van der Waals surface area (Å²) in [5.41, 5.74) is 5.42. The molecule has 0 aliphatic heterocycles. The molecule has 0 saturated carbocycles. The largest absolute Gasteiger partial charge is 0.476 e. The lowest BCUT2D eigenvalue weighted by atomic mass is 10.2. The zero-order chi connectivity index (χ0) is 20.1. The Labute approximate surface area is 157 Å². The van der Waals surface area contributed by atoms with Crippen LogP contribution in [0.15, 0.2) is 23.7 Å². The number of amides is 2. The molecule has 27 heavy (non-hydrogen) atoms.